The second-order valence-electron chi connectivity index (χ2n) is 9.13. The molecule has 5 N–H and O–H groups in total. The van der Waals surface area contributed by atoms with E-state index in [1.54, 1.807) is 6.08 Å². The first-order valence-corrected chi connectivity index (χ1v) is 13.2. The van der Waals surface area contributed by atoms with E-state index in [-0.39, 0.29) is 18.1 Å². The summed E-state index contributed by atoms with van der Waals surface area (Å²) in [5.41, 5.74) is 5.81. The van der Waals surface area contributed by atoms with Gasteiger partial charge in [-0.25, -0.2) is 0 Å². The quantitative estimate of drug-likeness (QED) is 0.149. The zero-order valence-corrected chi connectivity index (χ0v) is 22.7. The Hall–Kier alpha value is -2.62. The summed E-state index contributed by atoms with van der Waals surface area (Å²) in [6, 6.07) is 2.42. The Balaban J connectivity index is 2.10. The number of amides is 2. The van der Waals surface area contributed by atoms with E-state index in [2.05, 4.69) is 5.32 Å². The SMILES string of the molecule is COc1cc(C(=O)NC(=O)CCCCCCCCCCCCC=CC(O)C(N)CO)cc(OC)c1OC. The van der Waals surface area contributed by atoms with E-state index in [4.69, 9.17) is 25.1 Å². The van der Waals surface area contributed by atoms with Crippen molar-refractivity contribution in [3.05, 3.63) is 29.8 Å². The highest BCUT2D eigenvalue weighted by Gasteiger charge is 2.18. The fourth-order valence-electron chi connectivity index (χ4n) is 3.92. The molecule has 0 spiro atoms. The van der Waals surface area contributed by atoms with Gasteiger partial charge in [0.15, 0.2) is 11.5 Å². The molecule has 2 amide bonds. The summed E-state index contributed by atoms with van der Waals surface area (Å²) in [6.45, 7) is -0.222. The summed E-state index contributed by atoms with van der Waals surface area (Å²) in [4.78, 5) is 24.7. The zero-order valence-electron chi connectivity index (χ0n) is 22.7. The highest BCUT2D eigenvalue weighted by molar-refractivity contribution is 6.05. The van der Waals surface area contributed by atoms with Gasteiger partial charge < -0.3 is 30.2 Å². The third-order valence-corrected chi connectivity index (χ3v) is 6.19. The minimum atomic E-state index is -0.782. The Labute approximate surface area is 221 Å². The smallest absolute Gasteiger partial charge is 0.258 e. The number of ether oxygens (including phenoxy) is 3. The van der Waals surface area contributed by atoms with Crippen molar-refractivity contribution in [1.29, 1.82) is 0 Å². The Kier molecular flexibility index (Phi) is 17.1. The van der Waals surface area contributed by atoms with Crippen LogP contribution >= 0.6 is 0 Å². The van der Waals surface area contributed by atoms with Crippen LogP contribution < -0.4 is 25.3 Å². The van der Waals surface area contributed by atoms with Crippen LogP contribution in [0.3, 0.4) is 0 Å². The second-order valence-corrected chi connectivity index (χ2v) is 9.13. The third-order valence-electron chi connectivity index (χ3n) is 6.19. The van der Waals surface area contributed by atoms with Crippen molar-refractivity contribution in [3.8, 4) is 17.2 Å². The highest BCUT2D eigenvalue weighted by Crippen LogP contribution is 2.38. The van der Waals surface area contributed by atoms with Crippen LogP contribution in [-0.2, 0) is 4.79 Å². The van der Waals surface area contributed by atoms with Crippen molar-refractivity contribution < 1.29 is 34.0 Å². The van der Waals surface area contributed by atoms with Crippen molar-refractivity contribution in [2.75, 3.05) is 27.9 Å². The molecule has 0 aliphatic rings. The van der Waals surface area contributed by atoms with E-state index >= 15 is 0 Å². The molecule has 2 unspecified atom stereocenters. The topological polar surface area (TPSA) is 140 Å². The monoisotopic (exact) mass is 522 g/mol. The Morgan fingerprint density at radius 2 is 1.41 bits per heavy atom. The number of carbonyl (C=O) groups excluding carboxylic acids is 2. The lowest BCUT2D eigenvalue weighted by atomic mass is 10.0. The van der Waals surface area contributed by atoms with Crippen LogP contribution in [0.2, 0.25) is 0 Å². The number of hydrogen-bond donors (Lipinski definition) is 4. The largest absolute Gasteiger partial charge is 0.493 e. The van der Waals surface area contributed by atoms with E-state index < -0.39 is 18.1 Å². The molecule has 0 heterocycles. The van der Waals surface area contributed by atoms with Crippen LogP contribution in [0.1, 0.15) is 87.4 Å². The van der Waals surface area contributed by atoms with Gasteiger partial charge in [0.25, 0.3) is 5.91 Å². The first-order valence-electron chi connectivity index (χ1n) is 13.2. The first kappa shape index (κ1) is 32.4. The van der Waals surface area contributed by atoms with Gasteiger partial charge in [0.2, 0.25) is 11.7 Å². The maximum atomic E-state index is 12.5. The van der Waals surface area contributed by atoms with Gasteiger partial charge in [0.05, 0.1) is 40.1 Å². The fraction of sp³-hybridized carbons (Fsp3) is 0.643. The van der Waals surface area contributed by atoms with Crippen molar-refractivity contribution in [3.63, 3.8) is 0 Å². The van der Waals surface area contributed by atoms with Gasteiger partial charge in [0, 0.05) is 12.0 Å². The van der Waals surface area contributed by atoms with Gasteiger partial charge in [-0.05, 0) is 31.4 Å². The molecule has 0 saturated heterocycles. The van der Waals surface area contributed by atoms with Gasteiger partial charge >= 0.3 is 0 Å². The standard InChI is InChI=1S/C28H46N2O7/c1-35-24-18-21(19-25(36-2)27(24)37-3)28(34)30-26(33)17-15-13-11-9-7-5-4-6-8-10-12-14-16-23(32)22(29)20-31/h14,16,18-19,22-23,31-32H,4-13,15,17,20,29H2,1-3H3,(H,30,33,34). The average Bonchev–Trinajstić information content (AvgIpc) is 2.91. The van der Waals surface area contributed by atoms with Gasteiger partial charge in [-0.3, -0.25) is 14.9 Å². The number of imide groups is 1. The maximum absolute atomic E-state index is 12.5. The molecular formula is C28H46N2O7. The van der Waals surface area contributed by atoms with Gasteiger partial charge in [-0.2, -0.15) is 0 Å². The predicted octanol–water partition coefficient (Wildman–Crippen LogP) is 3.89. The molecule has 0 aliphatic carbocycles. The number of aliphatic hydroxyl groups excluding tert-OH is 2. The molecule has 0 saturated carbocycles. The van der Waals surface area contributed by atoms with E-state index in [0.717, 1.165) is 44.9 Å². The van der Waals surface area contributed by atoms with Crippen LogP contribution in [0.5, 0.6) is 17.2 Å². The molecule has 37 heavy (non-hydrogen) atoms. The first-order chi connectivity index (χ1) is 17.9. The van der Waals surface area contributed by atoms with Crippen molar-refractivity contribution in [2.45, 2.75) is 89.2 Å². The maximum Gasteiger partial charge on any atom is 0.258 e. The van der Waals surface area contributed by atoms with E-state index in [0.29, 0.717) is 23.7 Å². The van der Waals surface area contributed by atoms with Crippen molar-refractivity contribution in [2.24, 2.45) is 5.73 Å². The number of methoxy groups -OCH3 is 3. The molecule has 1 aromatic carbocycles. The molecule has 210 valence electrons. The molecule has 9 nitrogen and oxygen atoms in total. The molecule has 0 aliphatic heterocycles. The number of nitrogens with one attached hydrogen (secondary N) is 1. The Bertz CT molecular complexity index is 804. The molecule has 0 radical (unpaired) electrons. The van der Waals surface area contributed by atoms with Gasteiger partial charge in [-0.15, -0.1) is 0 Å². The zero-order chi connectivity index (χ0) is 27.5. The fourth-order valence-corrected chi connectivity index (χ4v) is 3.92. The predicted molar refractivity (Wildman–Crippen MR) is 144 cm³/mol. The lowest BCUT2D eigenvalue weighted by Crippen LogP contribution is -2.36. The summed E-state index contributed by atoms with van der Waals surface area (Å²) in [6.07, 6.45) is 15.1. The van der Waals surface area contributed by atoms with Crippen molar-refractivity contribution >= 4 is 11.8 Å². The Morgan fingerprint density at radius 3 is 1.89 bits per heavy atom. The molecule has 2 atom stereocenters. The molecule has 0 bridgehead atoms. The summed E-state index contributed by atoms with van der Waals surface area (Å²) in [5.74, 6) is 0.309. The van der Waals surface area contributed by atoms with Gasteiger partial charge in [-0.1, -0.05) is 63.5 Å². The van der Waals surface area contributed by atoms with Crippen LogP contribution in [0, 0.1) is 0 Å². The normalized spacial score (nSPS) is 12.8. The Morgan fingerprint density at radius 1 is 0.892 bits per heavy atom. The minimum Gasteiger partial charge on any atom is -0.493 e. The molecule has 0 fully saturated rings. The number of benzene rings is 1. The number of aliphatic hydroxyl groups is 2. The molecule has 0 aromatic heterocycles. The third kappa shape index (κ3) is 13.0. The summed E-state index contributed by atoms with van der Waals surface area (Å²) >= 11 is 0. The second kappa shape index (κ2) is 19.5. The van der Waals surface area contributed by atoms with Crippen LogP contribution in [0.4, 0.5) is 0 Å². The highest BCUT2D eigenvalue weighted by atomic mass is 16.5. The van der Waals surface area contributed by atoms with Crippen LogP contribution in [-0.4, -0.2) is 62.1 Å². The van der Waals surface area contributed by atoms with E-state index in [9.17, 15) is 14.7 Å². The summed E-state index contributed by atoms with van der Waals surface area (Å²) < 4.78 is 15.8. The van der Waals surface area contributed by atoms with Crippen LogP contribution in [0.15, 0.2) is 24.3 Å². The number of hydrogen-bond acceptors (Lipinski definition) is 8. The summed E-state index contributed by atoms with van der Waals surface area (Å²) in [7, 11) is 4.43. The number of unbranched alkanes of at least 4 members (excludes halogenated alkanes) is 10. The van der Waals surface area contributed by atoms with E-state index in [1.807, 2.05) is 6.08 Å². The lowest BCUT2D eigenvalue weighted by molar-refractivity contribution is -0.120. The number of carbonyl (C=O) groups is 2. The molecular weight excluding hydrogens is 476 g/mol. The average molecular weight is 523 g/mol. The molecule has 1 aromatic rings. The van der Waals surface area contributed by atoms with E-state index in [1.165, 1.54) is 59.1 Å². The summed E-state index contributed by atoms with van der Waals surface area (Å²) in [5, 5.41) is 20.9. The van der Waals surface area contributed by atoms with Crippen molar-refractivity contribution in [1.82, 2.24) is 5.32 Å². The molecule has 1 rings (SSSR count). The minimum absolute atomic E-state index is 0.222. The lowest BCUT2D eigenvalue weighted by Gasteiger charge is -2.13. The number of allylic oxidation sites excluding steroid dienone is 1. The molecule has 9 heteroatoms. The number of nitrogens with two attached hydrogens (primary N) is 1. The van der Waals surface area contributed by atoms with Crippen LogP contribution in [0.25, 0.3) is 0 Å². The number of rotatable bonds is 20. The van der Waals surface area contributed by atoms with Gasteiger partial charge in [0.1, 0.15) is 0 Å².